The lowest BCUT2D eigenvalue weighted by Gasteiger charge is -2.33. The van der Waals surface area contributed by atoms with Gasteiger partial charge in [-0.3, -0.25) is 19.1 Å². The summed E-state index contributed by atoms with van der Waals surface area (Å²) >= 11 is 0. The van der Waals surface area contributed by atoms with Gasteiger partial charge in [0.1, 0.15) is 19.0 Å². The molecule has 1 aromatic heterocycles. The van der Waals surface area contributed by atoms with Crippen LogP contribution in [0.25, 0.3) is 10.9 Å². The van der Waals surface area contributed by atoms with Crippen molar-refractivity contribution in [2.75, 3.05) is 53.5 Å². The predicted molar refractivity (Wildman–Crippen MR) is 124 cm³/mol. The van der Waals surface area contributed by atoms with Crippen molar-refractivity contribution in [1.29, 1.82) is 0 Å². The molecule has 10 heteroatoms. The molecule has 0 aliphatic carbocycles. The van der Waals surface area contributed by atoms with E-state index in [1.807, 2.05) is 0 Å². The second-order valence-electron chi connectivity index (χ2n) is 9.42. The van der Waals surface area contributed by atoms with E-state index in [9.17, 15) is 14.7 Å². The molecule has 1 atom stereocenters. The van der Waals surface area contributed by atoms with Crippen LogP contribution in [0.4, 0.5) is 0 Å². The molecule has 1 aliphatic rings. The highest BCUT2D eigenvalue weighted by Gasteiger charge is 2.23. The number of esters is 1. The molecular weight excluding hydrogens is 428 g/mol. The molecule has 1 fully saturated rings. The van der Waals surface area contributed by atoms with Gasteiger partial charge >= 0.3 is 5.97 Å². The minimum absolute atomic E-state index is 0.0913. The normalized spacial score (nSPS) is 16.5. The molecule has 0 saturated carbocycles. The molecule has 1 unspecified atom stereocenters. The summed E-state index contributed by atoms with van der Waals surface area (Å²) in [5.41, 5.74) is -0.609. The summed E-state index contributed by atoms with van der Waals surface area (Å²) in [6.07, 6.45) is 0.672. The zero-order valence-corrected chi connectivity index (χ0v) is 20.0. The number of hydrogen-bond donors (Lipinski definition) is 1. The summed E-state index contributed by atoms with van der Waals surface area (Å²) < 4.78 is 17.7. The lowest BCUT2D eigenvalue weighted by atomic mass is 9.98. The summed E-state index contributed by atoms with van der Waals surface area (Å²) in [7, 11) is 3.57. The van der Waals surface area contributed by atoms with E-state index in [0.717, 1.165) is 26.2 Å². The quantitative estimate of drug-likeness (QED) is 0.574. The van der Waals surface area contributed by atoms with E-state index >= 15 is 0 Å². The number of carbonyl (C=O) groups is 1. The first-order valence-electron chi connectivity index (χ1n) is 11.0. The number of carbonyl (C=O) groups excluding carboxylic acids is 1. The Balaban J connectivity index is 1.69. The molecule has 33 heavy (non-hydrogen) atoms. The van der Waals surface area contributed by atoms with Crippen molar-refractivity contribution in [2.24, 2.45) is 5.41 Å². The average Bonchev–Trinajstić information content (AvgIpc) is 2.77. The number of methoxy groups -OCH3 is 1. The molecule has 2 aromatic rings. The number of aliphatic hydroxyl groups excluding tert-OH is 1. The van der Waals surface area contributed by atoms with Crippen LogP contribution in [0.2, 0.25) is 0 Å². The molecule has 1 saturated heterocycles. The van der Waals surface area contributed by atoms with Gasteiger partial charge < -0.3 is 24.2 Å². The van der Waals surface area contributed by atoms with Crippen molar-refractivity contribution < 1.29 is 24.1 Å². The number of β-amino-alcohol motifs (C(OH)–C–C–N with tert-alkyl or cyclic N) is 1. The lowest BCUT2D eigenvalue weighted by molar-refractivity contribution is -0.157. The fourth-order valence-electron chi connectivity index (χ4n) is 3.44. The van der Waals surface area contributed by atoms with E-state index in [2.05, 4.69) is 21.8 Å². The van der Waals surface area contributed by atoms with Crippen LogP contribution in [0, 0.1) is 5.41 Å². The van der Waals surface area contributed by atoms with Crippen molar-refractivity contribution in [3.05, 3.63) is 28.8 Å². The number of rotatable bonds is 8. The third kappa shape index (κ3) is 6.43. The monoisotopic (exact) mass is 462 g/mol. The summed E-state index contributed by atoms with van der Waals surface area (Å²) in [4.78, 5) is 33.6. The van der Waals surface area contributed by atoms with Gasteiger partial charge in [-0.1, -0.05) is 0 Å². The van der Waals surface area contributed by atoms with Gasteiger partial charge in [0.2, 0.25) is 0 Å². The van der Waals surface area contributed by atoms with Gasteiger partial charge in [0.25, 0.3) is 5.56 Å². The fraction of sp³-hybridized carbons (Fsp3) is 0.609. The van der Waals surface area contributed by atoms with Gasteiger partial charge in [0.05, 0.1) is 23.4 Å². The third-order valence-corrected chi connectivity index (χ3v) is 5.55. The Bertz CT molecular complexity index is 1020. The molecule has 1 aliphatic heterocycles. The highest BCUT2D eigenvalue weighted by Crippen LogP contribution is 2.30. The van der Waals surface area contributed by atoms with Crippen LogP contribution in [0.5, 0.6) is 11.5 Å². The number of ether oxygens (including phenoxy) is 3. The van der Waals surface area contributed by atoms with Crippen molar-refractivity contribution in [3.8, 4) is 11.5 Å². The second-order valence-corrected chi connectivity index (χ2v) is 9.42. The van der Waals surface area contributed by atoms with Crippen LogP contribution in [-0.4, -0.2) is 90.0 Å². The Labute approximate surface area is 193 Å². The summed E-state index contributed by atoms with van der Waals surface area (Å²) in [6, 6.07) is 3.17. The zero-order chi connectivity index (χ0) is 24.2. The van der Waals surface area contributed by atoms with Gasteiger partial charge in [-0.2, -0.15) is 0 Å². The maximum Gasteiger partial charge on any atom is 0.312 e. The van der Waals surface area contributed by atoms with Crippen molar-refractivity contribution in [2.45, 2.75) is 33.6 Å². The summed E-state index contributed by atoms with van der Waals surface area (Å²) in [5.74, 6) is 0.342. The largest absolute Gasteiger partial charge is 0.493 e. The zero-order valence-electron chi connectivity index (χ0n) is 20.0. The van der Waals surface area contributed by atoms with Crippen LogP contribution < -0.4 is 15.0 Å². The molecule has 0 bridgehead atoms. The van der Waals surface area contributed by atoms with E-state index in [1.54, 1.807) is 32.9 Å². The minimum atomic E-state index is -0.668. The van der Waals surface area contributed by atoms with Gasteiger partial charge in [0, 0.05) is 38.8 Å². The van der Waals surface area contributed by atoms with E-state index in [0.29, 0.717) is 28.9 Å². The van der Waals surface area contributed by atoms with E-state index < -0.39 is 17.5 Å². The van der Waals surface area contributed by atoms with Gasteiger partial charge in [-0.15, -0.1) is 0 Å². The molecular formula is C23H34N4O6. The maximum absolute atomic E-state index is 12.9. The molecule has 0 amide bonds. The van der Waals surface area contributed by atoms with E-state index in [-0.39, 0.29) is 18.9 Å². The third-order valence-electron chi connectivity index (χ3n) is 5.55. The minimum Gasteiger partial charge on any atom is -0.493 e. The number of piperazine rings is 1. The standard InChI is InChI=1S/C23H34N4O6/c1-23(2,3)22(30)33-15-27-14-24-18-11-20(19(31-5)10-17(18)21(27)29)32-13-16(28)12-26-8-6-25(4)7-9-26/h10-11,14,16,28H,6-9,12-13,15H2,1-5H3. The molecule has 182 valence electrons. The van der Waals surface area contributed by atoms with Gasteiger partial charge in [-0.05, 0) is 33.9 Å². The van der Waals surface area contributed by atoms with Gasteiger partial charge in [0.15, 0.2) is 18.2 Å². The topological polar surface area (TPSA) is 106 Å². The predicted octanol–water partition coefficient (Wildman–Crippen LogP) is 0.939. The number of benzene rings is 1. The number of aromatic nitrogens is 2. The lowest BCUT2D eigenvalue weighted by Crippen LogP contribution is -2.47. The van der Waals surface area contributed by atoms with Crippen LogP contribution in [-0.2, 0) is 16.3 Å². The van der Waals surface area contributed by atoms with Crippen LogP contribution in [0.15, 0.2) is 23.3 Å². The second kappa shape index (κ2) is 10.5. The van der Waals surface area contributed by atoms with Crippen molar-refractivity contribution >= 4 is 16.9 Å². The fourth-order valence-corrected chi connectivity index (χ4v) is 3.44. The van der Waals surface area contributed by atoms with Crippen molar-refractivity contribution in [3.63, 3.8) is 0 Å². The Morgan fingerprint density at radius 1 is 1.18 bits per heavy atom. The molecule has 2 heterocycles. The van der Waals surface area contributed by atoms with Crippen molar-refractivity contribution in [1.82, 2.24) is 19.4 Å². The molecule has 0 radical (unpaired) electrons. The molecule has 1 N–H and O–H groups in total. The number of hydrogen-bond acceptors (Lipinski definition) is 9. The average molecular weight is 463 g/mol. The molecule has 3 rings (SSSR count). The molecule has 0 spiro atoms. The first-order chi connectivity index (χ1) is 15.6. The Morgan fingerprint density at radius 2 is 1.88 bits per heavy atom. The number of likely N-dealkylation sites (N-methyl/N-ethyl adjacent to an activating group) is 1. The SMILES string of the molecule is COc1cc2c(=O)n(COC(=O)C(C)(C)C)cnc2cc1OCC(O)CN1CCN(C)CC1. The first kappa shape index (κ1) is 24.9. The summed E-state index contributed by atoms with van der Waals surface area (Å²) in [6.45, 7) is 9.39. The maximum atomic E-state index is 12.9. The Kier molecular flexibility index (Phi) is 7.93. The van der Waals surface area contributed by atoms with E-state index in [4.69, 9.17) is 14.2 Å². The van der Waals surface area contributed by atoms with Gasteiger partial charge in [-0.25, -0.2) is 4.98 Å². The highest BCUT2D eigenvalue weighted by molar-refractivity contribution is 5.81. The van der Waals surface area contributed by atoms with Crippen LogP contribution in [0.1, 0.15) is 20.8 Å². The number of aliphatic hydroxyl groups is 1. The summed E-state index contributed by atoms with van der Waals surface area (Å²) in [5, 5.41) is 10.7. The highest BCUT2D eigenvalue weighted by atomic mass is 16.5. The molecule has 10 nitrogen and oxygen atoms in total. The smallest absolute Gasteiger partial charge is 0.312 e. The molecule has 1 aromatic carbocycles. The Hall–Kier alpha value is -2.69. The number of nitrogens with zero attached hydrogens (tertiary/aromatic N) is 4. The Morgan fingerprint density at radius 3 is 2.52 bits per heavy atom. The van der Waals surface area contributed by atoms with E-state index in [1.165, 1.54) is 18.0 Å². The van der Waals surface area contributed by atoms with Crippen LogP contribution in [0.3, 0.4) is 0 Å². The number of fused-ring (bicyclic) bond motifs is 1. The van der Waals surface area contributed by atoms with Crippen LogP contribution >= 0.6 is 0 Å². The first-order valence-corrected chi connectivity index (χ1v) is 11.0.